The van der Waals surface area contributed by atoms with E-state index in [1.165, 1.54) is 26.4 Å². The topological polar surface area (TPSA) is 113 Å². The zero-order valence-electron chi connectivity index (χ0n) is 12.9. The Morgan fingerprint density at radius 3 is 2.70 bits per heavy atom. The van der Waals surface area contributed by atoms with Crippen molar-refractivity contribution in [3.8, 4) is 0 Å². The van der Waals surface area contributed by atoms with Crippen molar-refractivity contribution in [2.45, 2.75) is 13.0 Å². The molecule has 0 aliphatic heterocycles. The lowest BCUT2D eigenvalue weighted by Crippen LogP contribution is -2.41. The normalized spacial score (nSPS) is 12.0. The number of carboxylic acid groups (broad SMARTS) is 1. The summed E-state index contributed by atoms with van der Waals surface area (Å²) in [6.45, 7) is 8.71. The lowest BCUT2D eigenvalue weighted by Gasteiger charge is -2.12. The van der Waals surface area contributed by atoms with Crippen LogP contribution in [0.5, 0.6) is 0 Å². The molecule has 8 nitrogen and oxygen atoms in total. The molecule has 1 heterocycles. The Labute approximate surface area is 133 Å². The number of nitrogens with one attached hydrogen (secondary N) is 2. The Balaban J connectivity index is 2.94. The summed E-state index contributed by atoms with van der Waals surface area (Å²) in [5, 5.41) is 13.4. The number of carboxylic acids is 1. The molecule has 0 aliphatic rings. The average molecular weight is 318 g/mol. The summed E-state index contributed by atoms with van der Waals surface area (Å²) in [5.74, 6) is -0.571. The molecule has 1 unspecified atom stereocenters. The molecule has 3 N–H and O–H groups in total. The van der Waals surface area contributed by atoms with Crippen LogP contribution in [0.2, 0.25) is 0 Å². The molecule has 0 fully saturated rings. The number of nitrogens with zero attached hydrogens (tertiary/aromatic N) is 2. The molecule has 0 radical (unpaired) electrons. The minimum Gasteiger partial charge on any atom is -0.497 e. The van der Waals surface area contributed by atoms with Crippen molar-refractivity contribution < 1.29 is 19.4 Å². The van der Waals surface area contributed by atoms with E-state index in [4.69, 9.17) is 9.84 Å². The maximum atomic E-state index is 11.7. The fraction of sp³-hybridized carbons (Fsp3) is 0.200. The molecule has 8 heteroatoms. The van der Waals surface area contributed by atoms with Gasteiger partial charge in [0.25, 0.3) is 0 Å². The highest BCUT2D eigenvalue weighted by molar-refractivity contribution is 5.91. The van der Waals surface area contributed by atoms with Crippen LogP contribution < -0.4 is 10.6 Å². The molecule has 0 saturated heterocycles. The van der Waals surface area contributed by atoms with Crippen LogP contribution in [0.3, 0.4) is 0 Å². The molecule has 0 aromatic carbocycles. The highest BCUT2D eigenvalue weighted by atomic mass is 16.5. The van der Waals surface area contributed by atoms with E-state index < -0.39 is 18.0 Å². The van der Waals surface area contributed by atoms with Gasteiger partial charge < -0.3 is 15.2 Å². The van der Waals surface area contributed by atoms with Crippen LogP contribution in [0.15, 0.2) is 43.5 Å². The zero-order chi connectivity index (χ0) is 17.4. The predicted octanol–water partition coefficient (Wildman–Crippen LogP) is 1.80. The average Bonchev–Trinajstić information content (AvgIpc) is 2.51. The molecule has 23 heavy (non-hydrogen) atoms. The van der Waals surface area contributed by atoms with Crippen molar-refractivity contribution in [1.82, 2.24) is 15.3 Å². The van der Waals surface area contributed by atoms with E-state index in [-0.39, 0.29) is 5.82 Å². The Bertz CT molecular complexity index is 655. The van der Waals surface area contributed by atoms with E-state index in [1.54, 1.807) is 12.2 Å². The summed E-state index contributed by atoms with van der Waals surface area (Å²) in [5.41, 5.74) is 1.04. The van der Waals surface area contributed by atoms with Gasteiger partial charge in [0.05, 0.1) is 12.8 Å². The van der Waals surface area contributed by atoms with Gasteiger partial charge in [0.2, 0.25) is 0 Å². The number of anilines is 1. The number of hydrogen-bond acceptors (Lipinski definition) is 5. The first-order valence-corrected chi connectivity index (χ1v) is 6.57. The quantitative estimate of drug-likeness (QED) is 0.522. The number of carbonyl (C=O) groups is 2. The fourth-order valence-corrected chi connectivity index (χ4v) is 1.53. The van der Waals surface area contributed by atoms with Gasteiger partial charge in [-0.1, -0.05) is 19.2 Å². The number of amides is 2. The minimum absolute atomic E-state index is 0.198. The fourth-order valence-electron chi connectivity index (χ4n) is 1.53. The Hall–Kier alpha value is -3.16. The Morgan fingerprint density at radius 1 is 1.43 bits per heavy atom. The molecule has 1 atom stereocenters. The lowest BCUT2D eigenvalue weighted by molar-refractivity contribution is -0.138. The van der Waals surface area contributed by atoms with Crippen molar-refractivity contribution >= 4 is 23.4 Å². The largest absolute Gasteiger partial charge is 0.497 e. The molecule has 2 amide bonds. The molecule has 1 aromatic rings. The third-order valence-electron chi connectivity index (χ3n) is 2.73. The molecule has 122 valence electrons. The minimum atomic E-state index is -1.14. The van der Waals surface area contributed by atoms with E-state index in [2.05, 4.69) is 33.8 Å². The first-order chi connectivity index (χ1) is 10.9. The number of ether oxygens (including phenoxy) is 1. The molecular formula is C15H18N4O4. The molecule has 1 aromatic heterocycles. The van der Waals surface area contributed by atoms with Crippen LogP contribution in [0, 0.1) is 0 Å². The molecular weight excluding hydrogens is 300 g/mol. The van der Waals surface area contributed by atoms with Crippen molar-refractivity contribution in [1.29, 1.82) is 0 Å². The van der Waals surface area contributed by atoms with Crippen molar-refractivity contribution in [2.24, 2.45) is 0 Å². The first-order valence-electron chi connectivity index (χ1n) is 6.57. The monoisotopic (exact) mass is 318 g/mol. The standard InChI is InChI=1S/C15H18N4O4/c1-5-6-11(10(3)23-4)12-7-13(17-8-16-12)19-15(22)18-9(2)14(20)21/h5-9H,1,3H2,2,4H3,(H,20,21)(H2,16,17,18,19,22)/b11-6+. The van der Waals surface area contributed by atoms with Gasteiger partial charge in [-0.2, -0.15) is 0 Å². The summed E-state index contributed by atoms with van der Waals surface area (Å²) in [6, 6.07) is -0.213. The maximum absolute atomic E-state index is 11.7. The summed E-state index contributed by atoms with van der Waals surface area (Å²) < 4.78 is 5.08. The summed E-state index contributed by atoms with van der Waals surface area (Å²) in [7, 11) is 1.47. The van der Waals surface area contributed by atoms with Gasteiger partial charge >= 0.3 is 12.0 Å². The number of aliphatic carboxylic acids is 1. The summed E-state index contributed by atoms with van der Waals surface area (Å²) >= 11 is 0. The molecule has 0 spiro atoms. The predicted molar refractivity (Wildman–Crippen MR) is 85.6 cm³/mol. The number of methoxy groups -OCH3 is 1. The summed E-state index contributed by atoms with van der Waals surface area (Å²) in [6.07, 6.45) is 4.46. The van der Waals surface area contributed by atoms with Crippen LogP contribution in [-0.2, 0) is 9.53 Å². The van der Waals surface area contributed by atoms with Crippen LogP contribution in [0.1, 0.15) is 12.6 Å². The molecule has 0 aliphatic carbocycles. The summed E-state index contributed by atoms with van der Waals surface area (Å²) in [4.78, 5) is 30.4. The number of rotatable bonds is 7. The third kappa shape index (κ3) is 5.27. The smallest absolute Gasteiger partial charge is 0.325 e. The second-order valence-electron chi connectivity index (χ2n) is 4.39. The van der Waals surface area contributed by atoms with Crippen LogP contribution >= 0.6 is 0 Å². The van der Waals surface area contributed by atoms with Gasteiger partial charge in [-0.3, -0.25) is 10.1 Å². The van der Waals surface area contributed by atoms with Gasteiger partial charge in [-0.05, 0) is 13.0 Å². The second-order valence-corrected chi connectivity index (χ2v) is 4.39. The number of urea groups is 1. The SMILES string of the molecule is C=C/C=C(\C(=C)OC)c1cc(NC(=O)NC(C)C(=O)O)ncn1. The van der Waals surface area contributed by atoms with E-state index in [0.717, 1.165) is 0 Å². The van der Waals surface area contributed by atoms with Crippen molar-refractivity contribution in [3.05, 3.63) is 49.2 Å². The van der Waals surface area contributed by atoms with Crippen LogP contribution in [-0.4, -0.2) is 40.2 Å². The molecule has 1 rings (SSSR count). The number of allylic oxidation sites excluding steroid dienone is 3. The number of aromatic nitrogens is 2. The van der Waals surface area contributed by atoms with E-state index >= 15 is 0 Å². The maximum Gasteiger partial charge on any atom is 0.325 e. The van der Waals surface area contributed by atoms with E-state index in [0.29, 0.717) is 17.0 Å². The van der Waals surface area contributed by atoms with Crippen molar-refractivity contribution in [2.75, 3.05) is 12.4 Å². The first kappa shape index (κ1) is 17.9. The van der Waals surface area contributed by atoms with Crippen LogP contribution in [0.4, 0.5) is 10.6 Å². The van der Waals surface area contributed by atoms with E-state index in [1.807, 2.05) is 0 Å². The zero-order valence-corrected chi connectivity index (χ0v) is 12.9. The van der Waals surface area contributed by atoms with Gasteiger partial charge in [-0.25, -0.2) is 14.8 Å². The van der Waals surface area contributed by atoms with Gasteiger partial charge in [0, 0.05) is 11.6 Å². The molecule has 0 saturated carbocycles. The highest BCUT2D eigenvalue weighted by Gasteiger charge is 2.15. The van der Waals surface area contributed by atoms with Crippen molar-refractivity contribution in [3.63, 3.8) is 0 Å². The van der Waals surface area contributed by atoms with Gasteiger partial charge in [-0.15, -0.1) is 0 Å². The Kier molecular flexibility index (Phi) is 6.47. The van der Waals surface area contributed by atoms with E-state index in [9.17, 15) is 9.59 Å². The number of carbonyl (C=O) groups excluding carboxylic acids is 1. The molecule has 0 bridgehead atoms. The third-order valence-corrected chi connectivity index (χ3v) is 2.73. The second kappa shape index (κ2) is 8.32. The highest BCUT2D eigenvalue weighted by Crippen LogP contribution is 2.21. The van der Waals surface area contributed by atoms with Gasteiger partial charge in [0.1, 0.15) is 23.9 Å². The Morgan fingerprint density at radius 2 is 2.13 bits per heavy atom. The lowest BCUT2D eigenvalue weighted by atomic mass is 10.1. The number of hydrogen-bond donors (Lipinski definition) is 3. The van der Waals surface area contributed by atoms with Gasteiger partial charge in [0.15, 0.2) is 0 Å². The van der Waals surface area contributed by atoms with Crippen LogP contribution in [0.25, 0.3) is 5.57 Å².